The Morgan fingerprint density at radius 1 is 1.82 bits per heavy atom. The third-order valence-corrected chi connectivity index (χ3v) is 2.30. The molecule has 0 aromatic carbocycles. The Bertz CT molecular complexity index is 276. The van der Waals surface area contributed by atoms with E-state index in [-0.39, 0.29) is 18.3 Å². The maximum atomic E-state index is 12.4. The second-order valence-corrected chi connectivity index (χ2v) is 3.08. The third kappa shape index (κ3) is 2.00. The highest BCUT2D eigenvalue weighted by Gasteiger charge is 2.07. The van der Waals surface area contributed by atoms with Crippen molar-refractivity contribution in [1.82, 2.24) is 0 Å². The van der Waals surface area contributed by atoms with E-state index in [1.165, 1.54) is 22.8 Å². The predicted octanol–water partition coefficient (Wildman–Crippen LogP) is 1.80. The summed E-state index contributed by atoms with van der Waals surface area (Å²) in [5, 5.41) is 9.67. The summed E-state index contributed by atoms with van der Waals surface area (Å²) in [5.74, 6) is -0.279. The second kappa shape index (κ2) is 3.46. The molecule has 1 atom stereocenters. The number of rotatable bonds is 2. The minimum atomic E-state index is -0.338. The number of halogens is 1. The van der Waals surface area contributed by atoms with Crippen LogP contribution in [0.15, 0.2) is 11.4 Å². The van der Waals surface area contributed by atoms with Crippen molar-refractivity contribution in [3.05, 3.63) is 22.1 Å². The summed E-state index contributed by atoms with van der Waals surface area (Å²) in [6, 6.07) is 2.96. The topological polar surface area (TPSA) is 49.8 Å². The molecule has 11 heavy (non-hydrogen) atoms. The highest BCUT2D eigenvalue weighted by molar-refractivity contribution is 7.10. The Morgan fingerprint density at radius 2 is 2.55 bits per heavy atom. The summed E-state index contributed by atoms with van der Waals surface area (Å²) in [5.41, 5.74) is 5.54. The molecule has 2 nitrogen and oxygen atoms in total. The zero-order valence-electron chi connectivity index (χ0n) is 5.75. The Labute approximate surface area is 68.1 Å². The predicted molar refractivity (Wildman–Crippen MR) is 41.4 cm³/mol. The summed E-state index contributed by atoms with van der Waals surface area (Å²) in [6.45, 7) is 0. The average molecular weight is 170 g/mol. The SMILES string of the molecule is N#CC[C@H](N)c1cc(F)cs1. The molecule has 1 aromatic heterocycles. The number of hydrogen-bond acceptors (Lipinski definition) is 3. The number of nitriles is 1. The fourth-order valence-electron chi connectivity index (χ4n) is 0.722. The van der Waals surface area contributed by atoms with E-state index in [1.54, 1.807) is 0 Å². The van der Waals surface area contributed by atoms with Crippen LogP contribution in [0.2, 0.25) is 0 Å². The lowest BCUT2D eigenvalue weighted by molar-refractivity contribution is 0.629. The number of thiophene rings is 1. The monoisotopic (exact) mass is 170 g/mol. The van der Waals surface area contributed by atoms with E-state index in [1.807, 2.05) is 6.07 Å². The molecule has 2 N–H and O–H groups in total. The normalized spacial score (nSPS) is 12.5. The average Bonchev–Trinajstić information content (AvgIpc) is 2.36. The van der Waals surface area contributed by atoms with Crippen LogP contribution in [0.1, 0.15) is 17.3 Å². The molecule has 0 aliphatic heterocycles. The summed E-state index contributed by atoms with van der Waals surface area (Å²) >= 11 is 1.25. The Morgan fingerprint density at radius 3 is 3.00 bits per heavy atom. The Kier molecular flexibility index (Phi) is 2.58. The van der Waals surface area contributed by atoms with E-state index in [0.717, 1.165) is 4.88 Å². The molecule has 0 unspecified atom stereocenters. The van der Waals surface area contributed by atoms with Gasteiger partial charge in [0.25, 0.3) is 0 Å². The lowest BCUT2D eigenvalue weighted by atomic mass is 10.2. The first-order valence-corrected chi connectivity index (χ1v) is 3.98. The molecule has 0 amide bonds. The molecule has 0 saturated heterocycles. The fraction of sp³-hybridized carbons (Fsp3) is 0.286. The maximum absolute atomic E-state index is 12.4. The van der Waals surface area contributed by atoms with Crippen LogP contribution in [0.5, 0.6) is 0 Å². The van der Waals surface area contributed by atoms with Crippen LogP contribution in [0.3, 0.4) is 0 Å². The quantitative estimate of drug-likeness (QED) is 0.735. The van der Waals surface area contributed by atoms with Gasteiger partial charge in [0.15, 0.2) is 0 Å². The van der Waals surface area contributed by atoms with Crippen molar-refractivity contribution in [2.45, 2.75) is 12.5 Å². The van der Waals surface area contributed by atoms with Gasteiger partial charge < -0.3 is 5.73 Å². The van der Waals surface area contributed by atoms with Crippen molar-refractivity contribution in [2.75, 3.05) is 0 Å². The number of hydrogen-bond donors (Lipinski definition) is 1. The first-order valence-electron chi connectivity index (χ1n) is 3.10. The van der Waals surface area contributed by atoms with Gasteiger partial charge in [0, 0.05) is 10.3 Å². The minimum absolute atomic E-state index is 0.236. The highest BCUT2D eigenvalue weighted by atomic mass is 32.1. The first-order chi connectivity index (χ1) is 5.24. The zero-order valence-corrected chi connectivity index (χ0v) is 6.57. The van der Waals surface area contributed by atoms with E-state index < -0.39 is 0 Å². The van der Waals surface area contributed by atoms with Gasteiger partial charge in [-0.2, -0.15) is 5.26 Å². The van der Waals surface area contributed by atoms with Crippen LogP contribution in [-0.2, 0) is 0 Å². The number of nitrogens with zero attached hydrogens (tertiary/aromatic N) is 1. The van der Waals surface area contributed by atoms with Gasteiger partial charge in [0.1, 0.15) is 5.82 Å². The van der Waals surface area contributed by atoms with Gasteiger partial charge in [0.2, 0.25) is 0 Å². The van der Waals surface area contributed by atoms with Crippen molar-refractivity contribution in [3.63, 3.8) is 0 Å². The Balaban J connectivity index is 2.70. The molecule has 1 aromatic rings. The smallest absolute Gasteiger partial charge is 0.134 e. The van der Waals surface area contributed by atoms with Crippen LogP contribution in [0, 0.1) is 17.1 Å². The summed E-state index contributed by atoms with van der Waals surface area (Å²) < 4.78 is 12.4. The van der Waals surface area contributed by atoms with Crippen LogP contribution in [-0.4, -0.2) is 0 Å². The summed E-state index contributed by atoms with van der Waals surface area (Å²) in [4.78, 5) is 0.726. The molecule has 0 fully saturated rings. The fourth-order valence-corrected chi connectivity index (χ4v) is 1.48. The zero-order chi connectivity index (χ0) is 8.27. The van der Waals surface area contributed by atoms with Crippen molar-refractivity contribution in [2.24, 2.45) is 5.73 Å². The van der Waals surface area contributed by atoms with Crippen LogP contribution in [0.25, 0.3) is 0 Å². The third-order valence-electron chi connectivity index (χ3n) is 1.26. The van der Waals surface area contributed by atoms with Crippen LogP contribution < -0.4 is 5.73 Å². The van der Waals surface area contributed by atoms with Crippen molar-refractivity contribution in [3.8, 4) is 6.07 Å². The van der Waals surface area contributed by atoms with E-state index in [4.69, 9.17) is 11.0 Å². The summed E-state index contributed by atoms with van der Waals surface area (Å²) in [6.07, 6.45) is 0.236. The van der Waals surface area contributed by atoms with Gasteiger partial charge in [-0.05, 0) is 6.07 Å². The number of nitrogens with two attached hydrogens (primary N) is 1. The molecule has 1 rings (SSSR count). The van der Waals surface area contributed by atoms with Crippen molar-refractivity contribution >= 4 is 11.3 Å². The summed E-state index contributed by atoms with van der Waals surface area (Å²) in [7, 11) is 0. The molecule has 0 spiro atoms. The van der Waals surface area contributed by atoms with Crippen LogP contribution in [0.4, 0.5) is 4.39 Å². The van der Waals surface area contributed by atoms with E-state index >= 15 is 0 Å². The molecular weight excluding hydrogens is 163 g/mol. The lowest BCUT2D eigenvalue weighted by Crippen LogP contribution is -2.06. The van der Waals surface area contributed by atoms with Gasteiger partial charge >= 0.3 is 0 Å². The maximum Gasteiger partial charge on any atom is 0.134 e. The molecule has 1 heterocycles. The lowest BCUT2D eigenvalue weighted by Gasteiger charge is -2.00. The van der Waals surface area contributed by atoms with E-state index in [9.17, 15) is 4.39 Å². The highest BCUT2D eigenvalue weighted by Crippen LogP contribution is 2.21. The largest absolute Gasteiger partial charge is 0.322 e. The second-order valence-electron chi connectivity index (χ2n) is 2.14. The molecule has 0 aliphatic rings. The molecule has 0 bridgehead atoms. The molecule has 0 aliphatic carbocycles. The molecule has 58 valence electrons. The van der Waals surface area contributed by atoms with Crippen LogP contribution >= 0.6 is 11.3 Å². The van der Waals surface area contributed by atoms with Gasteiger partial charge in [-0.3, -0.25) is 0 Å². The van der Waals surface area contributed by atoms with Gasteiger partial charge in [-0.15, -0.1) is 11.3 Å². The Hall–Kier alpha value is -0.920. The van der Waals surface area contributed by atoms with E-state index in [0.29, 0.717) is 0 Å². The van der Waals surface area contributed by atoms with Crippen molar-refractivity contribution < 1.29 is 4.39 Å². The molecule has 0 saturated carbocycles. The molecule has 0 radical (unpaired) electrons. The van der Waals surface area contributed by atoms with Gasteiger partial charge in [-0.1, -0.05) is 0 Å². The van der Waals surface area contributed by atoms with E-state index in [2.05, 4.69) is 0 Å². The minimum Gasteiger partial charge on any atom is -0.322 e. The first kappa shape index (κ1) is 8.18. The van der Waals surface area contributed by atoms with Crippen molar-refractivity contribution in [1.29, 1.82) is 5.26 Å². The van der Waals surface area contributed by atoms with Gasteiger partial charge in [0.05, 0.1) is 18.5 Å². The molecule has 4 heteroatoms. The standard InChI is InChI=1S/C7H7FN2S/c8-5-3-7(11-4-5)6(10)1-2-9/h3-4,6H,1,10H2/t6-/m0/s1. The van der Waals surface area contributed by atoms with Gasteiger partial charge in [-0.25, -0.2) is 4.39 Å². The molecular formula is C7H7FN2S.